The van der Waals surface area contributed by atoms with Crippen molar-refractivity contribution in [3.8, 4) is 27.7 Å². The predicted molar refractivity (Wildman–Crippen MR) is 290 cm³/mol. The number of hydrogen-bond acceptors (Lipinski definition) is 15. The van der Waals surface area contributed by atoms with Crippen LogP contribution in [0.4, 0.5) is 29.2 Å². The Balaban J connectivity index is 0.774. The number of ether oxygens (including phenoxy) is 2. The van der Waals surface area contributed by atoms with Gasteiger partial charge in [-0.25, -0.2) is 14.4 Å². The number of nitrogens with one attached hydrogen (secondary N) is 3. The molecule has 2 amide bonds. The molecule has 0 spiro atoms. The van der Waals surface area contributed by atoms with E-state index in [0.29, 0.717) is 45.1 Å². The van der Waals surface area contributed by atoms with Crippen LogP contribution in [0, 0.1) is 25.1 Å². The van der Waals surface area contributed by atoms with Gasteiger partial charge in [-0.3, -0.25) is 14.5 Å². The lowest BCUT2D eigenvalue weighted by atomic mass is 9.85. The monoisotopic (exact) mass is 1110 g/mol. The van der Waals surface area contributed by atoms with Gasteiger partial charge in [-0.05, 0) is 107 Å². The minimum atomic E-state index is -4.88. The van der Waals surface area contributed by atoms with Gasteiger partial charge in [-0.15, -0.1) is 11.3 Å². The third-order valence-corrected chi connectivity index (χ3v) is 16.6. The molecule has 4 saturated heterocycles. The van der Waals surface area contributed by atoms with E-state index >= 15 is 4.39 Å². The summed E-state index contributed by atoms with van der Waals surface area (Å²) in [5.41, 5.74) is 7.36. The quantitative estimate of drug-likeness (QED) is 0.0392. The number of carbonyl (C=O) groups is 2. The lowest BCUT2D eigenvalue weighted by molar-refractivity contribution is -0.142. The summed E-state index contributed by atoms with van der Waals surface area (Å²) in [5.74, 6) is -1.43. The first-order valence-electron chi connectivity index (χ1n) is 26.7. The number of carbonyl (C=O) groups excluding carboxylic acids is 2. The Morgan fingerprint density at radius 3 is 2.43 bits per heavy atom. The number of aliphatic hydroxyl groups is 1. The van der Waals surface area contributed by atoms with Crippen LogP contribution in [0.3, 0.4) is 0 Å². The molecule has 16 nitrogen and oxygen atoms in total. The molecule has 4 fully saturated rings. The molecule has 9 rings (SSSR count). The van der Waals surface area contributed by atoms with Crippen LogP contribution in [0.1, 0.15) is 101 Å². The number of alkyl halides is 3. The molecule has 5 aromatic rings. The third kappa shape index (κ3) is 12.8. The van der Waals surface area contributed by atoms with Gasteiger partial charge in [-0.1, -0.05) is 56.6 Å². The SMILES string of the molecule is Cc1cc(N)nc(-c2c(Cl)cc3c(N4CC5CCC(C4)N5)nc(OC[C@@H]4CCCN4CCCOCCCN[C@H](C(=O)N4C[C@H](O)C[C@H]4C(=O)N[C@@H](C)c4ccc(-c5scnc5C)cc4)C(C)(C)C)nc3c2F)c1C(F)(F)F. The number of aryl methyl sites for hydroxylation is 2. The number of likely N-dealkylation sites (tertiary alicyclic amines) is 2. The third-order valence-electron chi connectivity index (χ3n) is 15.3. The Morgan fingerprint density at radius 1 is 1.01 bits per heavy atom. The highest BCUT2D eigenvalue weighted by Crippen LogP contribution is 2.45. The summed E-state index contributed by atoms with van der Waals surface area (Å²) < 4.78 is 72.8. The van der Waals surface area contributed by atoms with Crippen molar-refractivity contribution in [1.82, 2.24) is 45.7 Å². The highest BCUT2D eigenvalue weighted by atomic mass is 35.5. The molecule has 2 aromatic carbocycles. The topological polar surface area (TPSA) is 196 Å². The normalized spacial score (nSPS) is 21.8. The molecule has 7 atom stereocenters. The number of fused-ring (bicyclic) bond motifs is 3. The average Bonchev–Trinajstić information content (AvgIpc) is 4.24. The molecule has 416 valence electrons. The number of thiazole rings is 1. The van der Waals surface area contributed by atoms with Gasteiger partial charge in [0.15, 0.2) is 5.82 Å². The minimum Gasteiger partial charge on any atom is -0.462 e. The van der Waals surface area contributed by atoms with Gasteiger partial charge >= 0.3 is 12.2 Å². The Morgan fingerprint density at radius 2 is 1.74 bits per heavy atom. The van der Waals surface area contributed by atoms with Crippen LogP contribution < -0.4 is 31.3 Å². The number of halogens is 5. The molecule has 4 aliphatic heterocycles. The molecule has 22 heteroatoms. The van der Waals surface area contributed by atoms with Gasteiger partial charge in [0.05, 0.1) is 56.1 Å². The van der Waals surface area contributed by atoms with Gasteiger partial charge in [-0.2, -0.15) is 23.1 Å². The second-order valence-corrected chi connectivity index (χ2v) is 23.4. The van der Waals surface area contributed by atoms with Gasteiger partial charge in [0.1, 0.15) is 29.8 Å². The summed E-state index contributed by atoms with van der Waals surface area (Å²) in [6, 6.07) is 9.08. The number of piperazine rings is 1. The molecule has 3 aromatic heterocycles. The summed E-state index contributed by atoms with van der Waals surface area (Å²) in [7, 11) is 0. The average molecular weight is 1110 g/mol. The van der Waals surface area contributed by atoms with E-state index < -0.39 is 52.4 Å². The number of amides is 2. The van der Waals surface area contributed by atoms with Crippen molar-refractivity contribution in [1.29, 1.82) is 0 Å². The Bertz CT molecular complexity index is 2910. The number of benzene rings is 2. The minimum absolute atomic E-state index is 0.00527. The highest BCUT2D eigenvalue weighted by molar-refractivity contribution is 7.13. The number of pyridine rings is 1. The Hall–Kier alpha value is -5.29. The summed E-state index contributed by atoms with van der Waals surface area (Å²) in [4.78, 5) is 52.6. The summed E-state index contributed by atoms with van der Waals surface area (Å²) in [6.07, 6.45) is -0.422. The van der Waals surface area contributed by atoms with Crippen molar-refractivity contribution < 1.29 is 41.7 Å². The number of hydrogen-bond donors (Lipinski definition) is 5. The number of rotatable bonds is 19. The maximum absolute atomic E-state index is 17.0. The van der Waals surface area contributed by atoms with Crippen molar-refractivity contribution in [2.24, 2.45) is 5.41 Å². The van der Waals surface area contributed by atoms with E-state index in [2.05, 4.69) is 35.8 Å². The Labute approximate surface area is 455 Å². The maximum Gasteiger partial charge on any atom is 0.418 e. The van der Waals surface area contributed by atoms with Gasteiger partial charge in [0, 0.05) is 69.3 Å². The molecule has 0 radical (unpaired) electrons. The van der Waals surface area contributed by atoms with Crippen LogP contribution in [0.15, 0.2) is 41.9 Å². The van der Waals surface area contributed by atoms with Crippen molar-refractivity contribution in [2.75, 3.05) is 69.7 Å². The molecule has 0 saturated carbocycles. The van der Waals surface area contributed by atoms with Gasteiger partial charge in [0.25, 0.3) is 0 Å². The number of aromatic nitrogens is 4. The number of β-amino-alcohol motifs (C(OH)–C–C–N with tert-alkyl or cyclic N) is 1. The van der Waals surface area contributed by atoms with Crippen molar-refractivity contribution in [3.05, 3.63) is 75.1 Å². The number of nitrogens with zero attached hydrogens (tertiary/aromatic N) is 7. The van der Waals surface area contributed by atoms with Gasteiger partial charge < -0.3 is 46.1 Å². The number of aliphatic hydroxyl groups excluding tert-OH is 1. The highest BCUT2D eigenvalue weighted by Gasteiger charge is 2.45. The van der Waals surface area contributed by atoms with Crippen LogP contribution in [-0.2, 0) is 20.5 Å². The van der Waals surface area contributed by atoms with E-state index in [9.17, 15) is 27.9 Å². The number of nitrogen functional groups attached to an aromatic ring is 1. The van der Waals surface area contributed by atoms with Crippen molar-refractivity contribution in [2.45, 2.75) is 135 Å². The zero-order valence-corrected chi connectivity index (χ0v) is 46.1. The van der Waals surface area contributed by atoms with Crippen LogP contribution in [-0.4, -0.2) is 142 Å². The first-order valence-corrected chi connectivity index (χ1v) is 27.9. The molecular formula is C55H70ClF4N11O5S. The lowest BCUT2D eigenvalue weighted by Gasteiger charge is -2.35. The van der Waals surface area contributed by atoms with E-state index in [-0.39, 0.29) is 88.9 Å². The fraction of sp³-hybridized carbons (Fsp3) is 0.564. The molecule has 7 heterocycles. The molecule has 0 aliphatic carbocycles. The van der Waals surface area contributed by atoms with E-state index in [4.69, 9.17) is 31.8 Å². The molecule has 2 unspecified atom stereocenters. The largest absolute Gasteiger partial charge is 0.462 e. The van der Waals surface area contributed by atoms with E-state index in [1.165, 1.54) is 17.9 Å². The maximum atomic E-state index is 17.0. The smallest absolute Gasteiger partial charge is 0.418 e. The van der Waals surface area contributed by atoms with Gasteiger partial charge in [0.2, 0.25) is 11.8 Å². The van der Waals surface area contributed by atoms with Crippen LogP contribution in [0.25, 0.3) is 32.6 Å². The first-order chi connectivity index (χ1) is 36.6. The second-order valence-electron chi connectivity index (χ2n) is 22.1. The standard InChI is InChI=1S/C55H70ClF4N11O5S/c1-30-22-42(61)66-47(44(30)55(58,59)60)43-40(56)24-39-46(45(43)57)67-53(68-50(39)70-25-35-15-16-36(26-70)65-35)76-28-37-10-7-18-69(37)19-9-21-75-20-8-17-62-49(54(4,5)6)52(74)71-27-38(72)23-41(71)51(73)64-31(2)33-11-13-34(14-12-33)48-32(3)63-29-77-48/h11-14,22,24,29,31,35-38,41,49,62,65,72H,7-10,15-21,23,25-28H2,1-6H3,(H2,61,66)(H,64,73)/t31-,35?,36?,37-,38+,41-,49+/m0/s1. The summed E-state index contributed by atoms with van der Waals surface area (Å²) in [5, 5.41) is 20.8. The summed E-state index contributed by atoms with van der Waals surface area (Å²) >= 11 is 8.27. The van der Waals surface area contributed by atoms with Crippen LogP contribution in [0.2, 0.25) is 5.02 Å². The number of anilines is 2. The zero-order valence-electron chi connectivity index (χ0n) is 44.5. The fourth-order valence-corrected chi connectivity index (χ4v) is 12.6. The van der Waals surface area contributed by atoms with Crippen molar-refractivity contribution in [3.63, 3.8) is 0 Å². The van der Waals surface area contributed by atoms with E-state index in [0.717, 1.165) is 73.0 Å². The first kappa shape index (κ1) is 56.4. The zero-order chi connectivity index (χ0) is 54.9. The fourth-order valence-electron chi connectivity index (χ4n) is 11.5. The van der Waals surface area contributed by atoms with Crippen LogP contribution in [0.5, 0.6) is 6.01 Å². The lowest BCUT2D eigenvalue weighted by Crippen LogP contribution is -2.57. The molecule has 6 N–H and O–H groups in total. The number of nitrogens with two attached hydrogens (primary N) is 1. The summed E-state index contributed by atoms with van der Waals surface area (Å²) in [6.45, 7) is 15.6. The predicted octanol–water partition coefficient (Wildman–Crippen LogP) is 8.25. The molecule has 2 bridgehead atoms. The van der Waals surface area contributed by atoms with Crippen molar-refractivity contribution >= 4 is 57.3 Å². The molecule has 77 heavy (non-hydrogen) atoms. The Kier molecular flexibility index (Phi) is 17.3. The van der Waals surface area contributed by atoms with Crippen LogP contribution >= 0.6 is 22.9 Å². The van der Waals surface area contributed by atoms with E-state index in [1.807, 2.05) is 69.3 Å². The molecule has 4 aliphatic rings. The van der Waals surface area contributed by atoms with E-state index in [1.54, 1.807) is 11.3 Å². The second kappa shape index (κ2) is 23.6. The molecular weight excluding hydrogens is 1040 g/mol.